The minimum atomic E-state index is 0.337. The van der Waals surface area contributed by atoms with Crippen LogP contribution in [0.3, 0.4) is 0 Å². The number of ether oxygens (including phenoxy) is 2. The lowest BCUT2D eigenvalue weighted by molar-refractivity contribution is 0.114. The van der Waals surface area contributed by atoms with Crippen LogP contribution in [0.5, 0.6) is 11.5 Å². The van der Waals surface area contributed by atoms with Crippen LogP contribution in [-0.2, 0) is 0 Å². The molecular formula is C28H31N3O2. The van der Waals surface area contributed by atoms with Crippen LogP contribution < -0.4 is 9.47 Å². The maximum absolute atomic E-state index is 5.75. The monoisotopic (exact) mass is 441 g/mol. The molecule has 0 bridgehead atoms. The van der Waals surface area contributed by atoms with Crippen molar-refractivity contribution in [3.8, 4) is 22.6 Å². The highest BCUT2D eigenvalue weighted by molar-refractivity contribution is 5.81. The summed E-state index contributed by atoms with van der Waals surface area (Å²) in [6.45, 7) is 6.56. The standard InChI is InChI=1S/C28H31N3O2/c1-3-18-33-26-13-12-21(19-27(26)32-2)20-29-31-16-14-30(15-17-31)28-24-10-6-4-8-22(24)23-9-5-7-11-25(23)28/h4-13,19-20,28H,3,14-18H2,1-2H3. The van der Waals surface area contributed by atoms with Crippen molar-refractivity contribution >= 4 is 6.21 Å². The number of piperazine rings is 1. The number of methoxy groups -OCH3 is 1. The summed E-state index contributed by atoms with van der Waals surface area (Å²) in [5.74, 6) is 1.53. The smallest absolute Gasteiger partial charge is 0.161 e. The first-order valence-corrected chi connectivity index (χ1v) is 11.8. The minimum Gasteiger partial charge on any atom is -0.493 e. The van der Waals surface area contributed by atoms with Gasteiger partial charge in [-0.1, -0.05) is 55.5 Å². The van der Waals surface area contributed by atoms with Crippen molar-refractivity contribution in [3.63, 3.8) is 0 Å². The maximum atomic E-state index is 5.75. The molecule has 33 heavy (non-hydrogen) atoms. The summed E-state index contributed by atoms with van der Waals surface area (Å²) in [6, 6.07) is 24.0. The molecule has 5 rings (SSSR count). The van der Waals surface area contributed by atoms with Crippen molar-refractivity contribution in [2.75, 3.05) is 39.9 Å². The molecule has 0 atom stereocenters. The van der Waals surface area contributed by atoms with Crippen molar-refractivity contribution in [2.45, 2.75) is 19.4 Å². The molecule has 0 spiro atoms. The normalized spacial score (nSPS) is 16.1. The van der Waals surface area contributed by atoms with Gasteiger partial charge in [0.25, 0.3) is 0 Å². The van der Waals surface area contributed by atoms with Crippen LogP contribution in [0.4, 0.5) is 0 Å². The zero-order chi connectivity index (χ0) is 22.6. The van der Waals surface area contributed by atoms with E-state index >= 15 is 0 Å². The number of hydrogen-bond donors (Lipinski definition) is 0. The highest BCUT2D eigenvalue weighted by atomic mass is 16.5. The number of rotatable bonds is 7. The lowest BCUT2D eigenvalue weighted by Gasteiger charge is -2.37. The van der Waals surface area contributed by atoms with Crippen LogP contribution in [0, 0.1) is 0 Å². The lowest BCUT2D eigenvalue weighted by Crippen LogP contribution is -2.45. The molecule has 1 aliphatic heterocycles. The molecule has 5 nitrogen and oxygen atoms in total. The fourth-order valence-electron chi connectivity index (χ4n) is 4.85. The molecule has 0 unspecified atom stereocenters. The lowest BCUT2D eigenvalue weighted by atomic mass is 10.0. The van der Waals surface area contributed by atoms with Gasteiger partial charge in [0.2, 0.25) is 0 Å². The number of nitrogens with zero attached hydrogens (tertiary/aromatic N) is 3. The summed E-state index contributed by atoms with van der Waals surface area (Å²) in [6.07, 6.45) is 2.89. The van der Waals surface area contributed by atoms with Crippen molar-refractivity contribution < 1.29 is 9.47 Å². The van der Waals surface area contributed by atoms with Gasteiger partial charge >= 0.3 is 0 Å². The Kier molecular flexibility index (Phi) is 6.31. The first-order chi connectivity index (χ1) is 16.3. The van der Waals surface area contributed by atoms with Gasteiger partial charge in [-0.2, -0.15) is 5.10 Å². The average Bonchev–Trinajstić information content (AvgIpc) is 3.21. The second-order valence-electron chi connectivity index (χ2n) is 8.57. The van der Waals surface area contributed by atoms with Gasteiger partial charge in [-0.15, -0.1) is 0 Å². The van der Waals surface area contributed by atoms with Gasteiger partial charge in [-0.05, 0) is 52.4 Å². The molecule has 5 heteroatoms. The Labute approximate surface area is 196 Å². The topological polar surface area (TPSA) is 37.3 Å². The van der Waals surface area contributed by atoms with Crippen molar-refractivity contribution in [1.82, 2.24) is 9.91 Å². The van der Waals surface area contributed by atoms with Crippen molar-refractivity contribution in [3.05, 3.63) is 83.4 Å². The van der Waals surface area contributed by atoms with Crippen molar-refractivity contribution in [1.29, 1.82) is 0 Å². The van der Waals surface area contributed by atoms with Crippen LogP contribution in [-0.4, -0.2) is 56.0 Å². The SMILES string of the molecule is CCCOc1ccc(C=NN2CCN(C3c4ccccc4-c4ccccc43)CC2)cc1OC. The highest BCUT2D eigenvalue weighted by Crippen LogP contribution is 2.46. The van der Waals surface area contributed by atoms with E-state index in [1.54, 1.807) is 7.11 Å². The fourth-order valence-corrected chi connectivity index (χ4v) is 4.85. The van der Waals surface area contributed by atoms with Gasteiger partial charge in [0.05, 0.1) is 26.0 Å². The van der Waals surface area contributed by atoms with Crippen LogP contribution in [0.15, 0.2) is 71.8 Å². The summed E-state index contributed by atoms with van der Waals surface area (Å²) >= 11 is 0. The van der Waals surface area contributed by atoms with E-state index in [9.17, 15) is 0 Å². The third kappa shape index (κ3) is 4.33. The molecule has 0 aromatic heterocycles. The van der Waals surface area contributed by atoms with Gasteiger partial charge < -0.3 is 9.47 Å². The Bertz CT molecular complexity index is 1090. The highest BCUT2D eigenvalue weighted by Gasteiger charge is 2.33. The van der Waals surface area contributed by atoms with Crippen LogP contribution >= 0.6 is 0 Å². The molecule has 0 amide bonds. The average molecular weight is 442 g/mol. The van der Waals surface area contributed by atoms with E-state index in [-0.39, 0.29) is 0 Å². The third-order valence-corrected chi connectivity index (χ3v) is 6.48. The number of hydrazone groups is 1. The predicted molar refractivity (Wildman–Crippen MR) is 133 cm³/mol. The van der Waals surface area contributed by atoms with E-state index in [0.29, 0.717) is 12.6 Å². The predicted octanol–water partition coefficient (Wildman–Crippen LogP) is 5.21. The molecule has 0 N–H and O–H groups in total. The Morgan fingerprint density at radius 1 is 0.879 bits per heavy atom. The maximum Gasteiger partial charge on any atom is 0.161 e. The summed E-state index contributed by atoms with van der Waals surface area (Å²) in [5, 5.41) is 6.92. The Hall–Kier alpha value is -3.31. The molecule has 3 aromatic carbocycles. The molecule has 1 aliphatic carbocycles. The molecule has 170 valence electrons. The van der Waals surface area contributed by atoms with E-state index in [1.807, 2.05) is 24.4 Å². The van der Waals surface area contributed by atoms with Crippen LogP contribution in [0.1, 0.15) is 36.1 Å². The summed E-state index contributed by atoms with van der Waals surface area (Å²) in [7, 11) is 1.67. The number of benzene rings is 3. The van der Waals surface area contributed by atoms with Crippen LogP contribution in [0.25, 0.3) is 11.1 Å². The molecule has 1 fully saturated rings. The summed E-state index contributed by atoms with van der Waals surface area (Å²) < 4.78 is 11.2. The first-order valence-electron chi connectivity index (χ1n) is 11.8. The summed E-state index contributed by atoms with van der Waals surface area (Å²) in [4.78, 5) is 2.60. The Morgan fingerprint density at radius 3 is 2.18 bits per heavy atom. The zero-order valence-corrected chi connectivity index (χ0v) is 19.4. The van der Waals surface area contributed by atoms with Gasteiger partial charge in [0.1, 0.15) is 0 Å². The number of hydrogen-bond acceptors (Lipinski definition) is 5. The van der Waals surface area contributed by atoms with E-state index < -0.39 is 0 Å². The molecule has 0 radical (unpaired) electrons. The molecular weight excluding hydrogens is 410 g/mol. The quantitative estimate of drug-likeness (QED) is 0.472. The van der Waals surface area contributed by atoms with Crippen molar-refractivity contribution in [2.24, 2.45) is 5.10 Å². The second kappa shape index (κ2) is 9.67. The third-order valence-electron chi connectivity index (χ3n) is 6.48. The second-order valence-corrected chi connectivity index (χ2v) is 8.57. The molecule has 1 heterocycles. The van der Waals surface area contributed by atoms with Gasteiger partial charge in [0, 0.05) is 26.2 Å². The Balaban J connectivity index is 1.25. The van der Waals surface area contributed by atoms with E-state index in [4.69, 9.17) is 14.6 Å². The molecule has 0 saturated carbocycles. The van der Waals surface area contributed by atoms with E-state index in [1.165, 1.54) is 22.3 Å². The Morgan fingerprint density at radius 2 is 1.55 bits per heavy atom. The first kappa shape index (κ1) is 21.5. The fraction of sp³-hybridized carbons (Fsp3) is 0.321. The van der Waals surface area contributed by atoms with Gasteiger partial charge in [0.15, 0.2) is 11.5 Å². The molecule has 2 aliphatic rings. The van der Waals surface area contributed by atoms with E-state index in [2.05, 4.69) is 65.4 Å². The van der Waals surface area contributed by atoms with E-state index in [0.717, 1.165) is 49.7 Å². The molecule has 3 aromatic rings. The van der Waals surface area contributed by atoms with Crippen LogP contribution in [0.2, 0.25) is 0 Å². The summed E-state index contributed by atoms with van der Waals surface area (Å²) in [5.41, 5.74) is 6.61. The number of fused-ring (bicyclic) bond motifs is 3. The largest absolute Gasteiger partial charge is 0.493 e. The molecule has 1 saturated heterocycles. The zero-order valence-electron chi connectivity index (χ0n) is 19.4. The van der Waals surface area contributed by atoms with Gasteiger partial charge in [-0.3, -0.25) is 9.91 Å². The minimum absolute atomic E-state index is 0.337. The van der Waals surface area contributed by atoms with Gasteiger partial charge in [-0.25, -0.2) is 0 Å².